The molecule has 0 radical (unpaired) electrons. The molecule has 2 rings (SSSR count). The van der Waals surface area contributed by atoms with Crippen molar-refractivity contribution in [2.24, 2.45) is 5.92 Å². The van der Waals surface area contributed by atoms with Gasteiger partial charge in [-0.05, 0) is 43.5 Å². The zero-order chi connectivity index (χ0) is 14.0. The lowest BCUT2D eigenvalue weighted by Crippen LogP contribution is -2.50. The van der Waals surface area contributed by atoms with Crippen LogP contribution in [0, 0.1) is 12.8 Å². The molecule has 0 spiro atoms. The van der Waals surface area contributed by atoms with Crippen LogP contribution in [-0.2, 0) is 10.0 Å². The highest BCUT2D eigenvalue weighted by Crippen LogP contribution is 2.21. The van der Waals surface area contributed by atoms with E-state index >= 15 is 0 Å². The van der Waals surface area contributed by atoms with E-state index in [0.29, 0.717) is 17.4 Å². The van der Waals surface area contributed by atoms with E-state index in [1.54, 1.807) is 18.2 Å². The third-order valence-electron chi connectivity index (χ3n) is 3.59. The first-order chi connectivity index (χ1) is 8.90. The van der Waals surface area contributed by atoms with E-state index in [1.807, 2.05) is 6.92 Å². The summed E-state index contributed by atoms with van der Waals surface area (Å²) in [5.41, 5.74) is 1.02. The summed E-state index contributed by atoms with van der Waals surface area (Å²) >= 11 is 3.37. The zero-order valence-electron chi connectivity index (χ0n) is 11.1. The number of aryl methyl sites for hydroxylation is 1. The summed E-state index contributed by atoms with van der Waals surface area (Å²) in [5.74, 6) is 0.352. The maximum absolute atomic E-state index is 12.3. The van der Waals surface area contributed by atoms with Crippen LogP contribution in [0.25, 0.3) is 0 Å². The Labute approximate surface area is 123 Å². The van der Waals surface area contributed by atoms with Crippen LogP contribution in [0.2, 0.25) is 0 Å². The predicted molar refractivity (Wildman–Crippen MR) is 79.6 cm³/mol. The molecule has 1 fully saturated rings. The van der Waals surface area contributed by atoms with Gasteiger partial charge in [0.25, 0.3) is 0 Å². The largest absolute Gasteiger partial charge is 0.315 e. The zero-order valence-corrected chi connectivity index (χ0v) is 13.5. The van der Waals surface area contributed by atoms with Crippen molar-refractivity contribution in [2.75, 3.05) is 13.1 Å². The quantitative estimate of drug-likeness (QED) is 0.880. The van der Waals surface area contributed by atoms with Gasteiger partial charge in [-0.15, -0.1) is 0 Å². The number of nitrogens with one attached hydrogen (secondary N) is 2. The van der Waals surface area contributed by atoms with Gasteiger partial charge in [0.2, 0.25) is 10.0 Å². The molecule has 2 N–H and O–H groups in total. The number of sulfonamides is 1. The maximum atomic E-state index is 12.3. The molecule has 1 aromatic carbocycles. The molecule has 0 aliphatic carbocycles. The van der Waals surface area contributed by atoms with E-state index in [0.717, 1.165) is 23.0 Å². The minimum absolute atomic E-state index is 0.0428. The molecule has 4 nitrogen and oxygen atoms in total. The van der Waals surface area contributed by atoms with Gasteiger partial charge in [-0.3, -0.25) is 0 Å². The lowest BCUT2D eigenvalue weighted by molar-refractivity contribution is 0.327. The highest BCUT2D eigenvalue weighted by Gasteiger charge is 2.26. The summed E-state index contributed by atoms with van der Waals surface area (Å²) in [6.45, 7) is 5.66. The molecule has 0 amide bonds. The van der Waals surface area contributed by atoms with E-state index in [2.05, 4.69) is 32.9 Å². The molecule has 0 saturated carbocycles. The van der Waals surface area contributed by atoms with Gasteiger partial charge in [0.15, 0.2) is 0 Å². The molecule has 2 unspecified atom stereocenters. The van der Waals surface area contributed by atoms with Crippen LogP contribution < -0.4 is 10.0 Å². The third kappa shape index (κ3) is 3.56. The van der Waals surface area contributed by atoms with Gasteiger partial charge in [0, 0.05) is 17.1 Å². The van der Waals surface area contributed by atoms with Gasteiger partial charge < -0.3 is 5.32 Å². The minimum atomic E-state index is -3.45. The average Bonchev–Trinajstić information content (AvgIpc) is 2.35. The molecule has 1 aliphatic heterocycles. The molecule has 106 valence electrons. The summed E-state index contributed by atoms with van der Waals surface area (Å²) in [6, 6.07) is 5.06. The van der Waals surface area contributed by atoms with Crippen LogP contribution in [0.1, 0.15) is 18.9 Å². The Morgan fingerprint density at radius 2 is 2.16 bits per heavy atom. The number of rotatable bonds is 3. The lowest BCUT2D eigenvalue weighted by atomic mass is 9.96. The van der Waals surface area contributed by atoms with Crippen molar-refractivity contribution in [3.63, 3.8) is 0 Å². The molecule has 19 heavy (non-hydrogen) atoms. The summed E-state index contributed by atoms with van der Waals surface area (Å²) in [5, 5.41) is 3.22. The van der Waals surface area contributed by atoms with E-state index < -0.39 is 10.0 Å². The van der Waals surface area contributed by atoms with Crippen LogP contribution in [0.15, 0.2) is 27.6 Å². The average molecular weight is 347 g/mol. The summed E-state index contributed by atoms with van der Waals surface area (Å²) in [6.07, 6.45) is 0.991. The first kappa shape index (κ1) is 15.0. The maximum Gasteiger partial charge on any atom is 0.240 e. The highest BCUT2D eigenvalue weighted by molar-refractivity contribution is 9.10. The van der Waals surface area contributed by atoms with Crippen LogP contribution in [-0.4, -0.2) is 27.5 Å². The second-order valence-corrected chi connectivity index (χ2v) is 7.68. The SMILES string of the molecule is Cc1ccc(S(=O)(=O)NC2CNCCC2C)cc1Br. The van der Waals surface area contributed by atoms with Gasteiger partial charge in [-0.25, -0.2) is 13.1 Å². The Morgan fingerprint density at radius 1 is 1.42 bits per heavy atom. The number of hydrogen-bond donors (Lipinski definition) is 2. The molecule has 0 bridgehead atoms. The normalized spacial score (nSPS) is 24.4. The van der Waals surface area contributed by atoms with Crippen molar-refractivity contribution in [3.8, 4) is 0 Å². The number of piperidine rings is 1. The molecule has 1 saturated heterocycles. The van der Waals surface area contributed by atoms with Gasteiger partial charge in [0.1, 0.15) is 0 Å². The van der Waals surface area contributed by atoms with Gasteiger partial charge in [-0.2, -0.15) is 0 Å². The lowest BCUT2D eigenvalue weighted by Gasteiger charge is -2.30. The molecule has 1 aromatic rings. The minimum Gasteiger partial charge on any atom is -0.315 e. The molecule has 0 aromatic heterocycles. The number of halogens is 1. The second-order valence-electron chi connectivity index (χ2n) is 5.11. The van der Waals surface area contributed by atoms with E-state index in [9.17, 15) is 8.42 Å². The number of hydrogen-bond acceptors (Lipinski definition) is 3. The van der Waals surface area contributed by atoms with E-state index in [-0.39, 0.29) is 6.04 Å². The second kappa shape index (κ2) is 5.91. The Bertz CT molecular complexity index is 560. The Kier molecular flexibility index (Phi) is 4.66. The van der Waals surface area contributed by atoms with Crippen molar-refractivity contribution >= 4 is 26.0 Å². The van der Waals surface area contributed by atoms with Gasteiger partial charge in [-0.1, -0.05) is 28.9 Å². The van der Waals surface area contributed by atoms with E-state index in [1.165, 1.54) is 0 Å². The van der Waals surface area contributed by atoms with Crippen molar-refractivity contribution in [2.45, 2.75) is 31.2 Å². The third-order valence-corrected chi connectivity index (χ3v) is 5.93. The van der Waals surface area contributed by atoms with Gasteiger partial charge >= 0.3 is 0 Å². The van der Waals surface area contributed by atoms with Gasteiger partial charge in [0.05, 0.1) is 4.90 Å². The summed E-state index contributed by atoms with van der Waals surface area (Å²) in [4.78, 5) is 0.308. The highest BCUT2D eigenvalue weighted by atomic mass is 79.9. The molecule has 2 atom stereocenters. The first-order valence-electron chi connectivity index (χ1n) is 6.39. The van der Waals surface area contributed by atoms with Crippen molar-refractivity contribution < 1.29 is 8.42 Å². The first-order valence-corrected chi connectivity index (χ1v) is 8.67. The molecule has 6 heteroatoms. The van der Waals surface area contributed by atoms with E-state index in [4.69, 9.17) is 0 Å². The molecular weight excluding hydrogens is 328 g/mol. The monoisotopic (exact) mass is 346 g/mol. The fraction of sp³-hybridized carbons (Fsp3) is 0.538. The molecule has 1 aliphatic rings. The summed E-state index contributed by atoms with van der Waals surface area (Å²) in [7, 11) is -3.45. The van der Waals surface area contributed by atoms with Crippen LogP contribution >= 0.6 is 15.9 Å². The van der Waals surface area contributed by atoms with Crippen molar-refractivity contribution in [1.82, 2.24) is 10.0 Å². The molecule has 1 heterocycles. The fourth-order valence-electron chi connectivity index (χ4n) is 2.16. The predicted octanol–water partition coefficient (Wildman–Crippen LogP) is 2.03. The Hall–Kier alpha value is -0.430. The smallest absolute Gasteiger partial charge is 0.240 e. The topological polar surface area (TPSA) is 58.2 Å². The number of benzene rings is 1. The van der Waals surface area contributed by atoms with Crippen molar-refractivity contribution in [3.05, 3.63) is 28.2 Å². The van der Waals surface area contributed by atoms with Crippen LogP contribution in [0.3, 0.4) is 0 Å². The Balaban J connectivity index is 2.19. The van der Waals surface area contributed by atoms with Crippen LogP contribution in [0.5, 0.6) is 0 Å². The standard InChI is InChI=1S/C13H19BrN2O2S/c1-9-3-4-11(7-12(9)14)19(17,18)16-13-8-15-6-5-10(13)2/h3-4,7,10,13,15-16H,5-6,8H2,1-2H3. The molecular formula is C13H19BrN2O2S. The fourth-order valence-corrected chi connectivity index (χ4v) is 4.06. The van der Waals surface area contributed by atoms with Crippen molar-refractivity contribution in [1.29, 1.82) is 0 Å². The Morgan fingerprint density at radius 3 is 2.79 bits per heavy atom. The summed E-state index contributed by atoms with van der Waals surface area (Å²) < 4.78 is 28.3. The van der Waals surface area contributed by atoms with Crippen LogP contribution in [0.4, 0.5) is 0 Å².